The van der Waals surface area contributed by atoms with Gasteiger partial charge in [-0.25, -0.2) is 19.3 Å². The van der Waals surface area contributed by atoms with Crippen LogP contribution in [-0.2, 0) is 4.74 Å². The molecule has 0 unspecified atom stereocenters. The van der Waals surface area contributed by atoms with Gasteiger partial charge >= 0.3 is 11.7 Å². The third-order valence-corrected chi connectivity index (χ3v) is 5.78. The van der Waals surface area contributed by atoms with Crippen LogP contribution in [0.2, 0.25) is 0 Å². The number of hydrogen-bond acceptors (Lipinski definition) is 9. The largest absolute Gasteiger partial charge is 0.462 e. The van der Waals surface area contributed by atoms with Gasteiger partial charge in [0.05, 0.1) is 16.9 Å². The fourth-order valence-electron chi connectivity index (χ4n) is 3.09. The van der Waals surface area contributed by atoms with Gasteiger partial charge in [-0.3, -0.25) is 14.8 Å². The predicted molar refractivity (Wildman–Crippen MR) is 104 cm³/mol. The van der Waals surface area contributed by atoms with E-state index in [0.29, 0.717) is 26.9 Å². The Bertz CT molecular complexity index is 1270. The van der Waals surface area contributed by atoms with Crippen LogP contribution in [0.25, 0.3) is 15.9 Å². The van der Waals surface area contributed by atoms with Crippen molar-refractivity contribution in [3.63, 3.8) is 0 Å². The molecule has 0 amide bonds. The third kappa shape index (κ3) is 3.01. The van der Waals surface area contributed by atoms with Gasteiger partial charge in [-0.2, -0.15) is 5.10 Å². The maximum absolute atomic E-state index is 12.2. The Hall–Kier alpha value is -3.41. The summed E-state index contributed by atoms with van der Waals surface area (Å²) in [5.41, 5.74) is 1.55. The molecule has 0 bridgehead atoms. The van der Waals surface area contributed by atoms with E-state index in [1.54, 1.807) is 20.8 Å². The lowest BCUT2D eigenvalue weighted by Gasteiger charge is -2.06. The lowest BCUT2D eigenvalue weighted by molar-refractivity contribution is -0.385. The Balaban J connectivity index is 1.81. The number of thiophene rings is 1. The molecule has 0 saturated carbocycles. The molecule has 0 aliphatic carbocycles. The van der Waals surface area contributed by atoms with Crippen molar-refractivity contribution in [2.75, 3.05) is 6.61 Å². The summed E-state index contributed by atoms with van der Waals surface area (Å²) in [4.78, 5) is 33.0. The highest BCUT2D eigenvalue weighted by atomic mass is 32.1. The molecular formula is C17H17N7O4S. The van der Waals surface area contributed by atoms with Crippen LogP contribution in [0.5, 0.6) is 0 Å². The lowest BCUT2D eigenvalue weighted by atomic mass is 10.2. The summed E-state index contributed by atoms with van der Waals surface area (Å²) >= 11 is 1.25. The number of carbonyl (C=O) groups excluding carboxylic acids is 1. The van der Waals surface area contributed by atoms with Crippen LogP contribution in [0.1, 0.15) is 46.6 Å². The van der Waals surface area contributed by atoms with Crippen molar-refractivity contribution in [1.29, 1.82) is 0 Å². The molecule has 150 valence electrons. The quantitative estimate of drug-likeness (QED) is 0.276. The van der Waals surface area contributed by atoms with Crippen molar-refractivity contribution in [3.05, 3.63) is 44.6 Å². The van der Waals surface area contributed by atoms with Gasteiger partial charge in [0.2, 0.25) is 0 Å². The summed E-state index contributed by atoms with van der Waals surface area (Å²) in [5.74, 6) is 0.0403. The summed E-state index contributed by atoms with van der Waals surface area (Å²) in [6.45, 7) is 7.25. The molecule has 0 saturated heterocycles. The molecule has 1 atom stereocenters. The summed E-state index contributed by atoms with van der Waals surface area (Å²) in [5, 5.41) is 20.5. The van der Waals surface area contributed by atoms with Gasteiger partial charge in [0.1, 0.15) is 34.0 Å². The van der Waals surface area contributed by atoms with E-state index in [4.69, 9.17) is 4.74 Å². The standard InChI is InChI=1S/C17H17N7O4S/c1-5-28-17(25)13-8(2)12-15-19-14(21-23(15)7-18-16(12)29-13)10(4)22-6-11(24(26)27)9(3)20-22/h6-7,10H,5H2,1-4H3/t10-/m0/s1. The van der Waals surface area contributed by atoms with Gasteiger partial charge in [0.25, 0.3) is 0 Å². The Kier molecular flexibility index (Phi) is 4.49. The number of ether oxygens (including phenoxy) is 1. The van der Waals surface area contributed by atoms with Crippen LogP contribution in [0.15, 0.2) is 12.5 Å². The number of rotatable bonds is 5. The Morgan fingerprint density at radius 2 is 2.14 bits per heavy atom. The second kappa shape index (κ2) is 6.88. The van der Waals surface area contributed by atoms with Gasteiger partial charge in [-0.05, 0) is 33.3 Å². The fraction of sp³-hybridized carbons (Fsp3) is 0.353. The average molecular weight is 415 g/mol. The number of aryl methyl sites for hydroxylation is 2. The van der Waals surface area contributed by atoms with E-state index >= 15 is 0 Å². The molecule has 4 aromatic heterocycles. The van der Waals surface area contributed by atoms with Crippen LogP contribution >= 0.6 is 11.3 Å². The zero-order valence-electron chi connectivity index (χ0n) is 16.1. The smallest absolute Gasteiger partial charge is 0.348 e. The van der Waals surface area contributed by atoms with Crippen LogP contribution in [0.4, 0.5) is 5.69 Å². The first-order valence-corrected chi connectivity index (χ1v) is 9.65. The number of esters is 1. The molecule has 0 aliphatic rings. The lowest BCUT2D eigenvalue weighted by Crippen LogP contribution is -2.09. The molecule has 0 aliphatic heterocycles. The molecule has 0 spiro atoms. The highest BCUT2D eigenvalue weighted by molar-refractivity contribution is 7.20. The number of nitro groups is 1. The SMILES string of the molecule is CCOC(=O)c1sc2ncn3nc([C@H](C)n4cc([N+](=O)[O-])c(C)n4)nc3c2c1C. The van der Waals surface area contributed by atoms with E-state index in [1.165, 1.54) is 33.1 Å². The van der Waals surface area contributed by atoms with Crippen molar-refractivity contribution in [2.24, 2.45) is 0 Å². The summed E-state index contributed by atoms with van der Waals surface area (Å²) < 4.78 is 8.12. The molecule has 4 heterocycles. The molecule has 29 heavy (non-hydrogen) atoms. The minimum Gasteiger partial charge on any atom is -0.462 e. The molecule has 4 aromatic rings. The van der Waals surface area contributed by atoms with E-state index in [0.717, 1.165) is 10.9 Å². The van der Waals surface area contributed by atoms with E-state index in [1.807, 2.05) is 6.92 Å². The van der Waals surface area contributed by atoms with E-state index in [-0.39, 0.29) is 12.3 Å². The highest BCUT2D eigenvalue weighted by Gasteiger charge is 2.24. The van der Waals surface area contributed by atoms with Gasteiger partial charge in [0, 0.05) is 0 Å². The highest BCUT2D eigenvalue weighted by Crippen LogP contribution is 2.32. The molecule has 0 aromatic carbocycles. The van der Waals surface area contributed by atoms with Gasteiger partial charge in [0.15, 0.2) is 11.5 Å². The predicted octanol–water partition coefficient (Wildman–Crippen LogP) is 2.85. The normalized spacial score (nSPS) is 12.6. The van der Waals surface area contributed by atoms with Crippen LogP contribution in [-0.4, -0.2) is 46.9 Å². The summed E-state index contributed by atoms with van der Waals surface area (Å²) in [6, 6.07) is -0.430. The van der Waals surface area contributed by atoms with Gasteiger partial charge in [-0.15, -0.1) is 16.4 Å². The minimum absolute atomic E-state index is 0.0579. The van der Waals surface area contributed by atoms with Crippen molar-refractivity contribution >= 4 is 38.9 Å². The monoisotopic (exact) mass is 415 g/mol. The topological polar surface area (TPSA) is 130 Å². The second-order valence-corrected chi connectivity index (χ2v) is 7.45. The van der Waals surface area contributed by atoms with Crippen LogP contribution in [0.3, 0.4) is 0 Å². The van der Waals surface area contributed by atoms with Crippen molar-refractivity contribution in [3.8, 4) is 0 Å². The van der Waals surface area contributed by atoms with Crippen LogP contribution < -0.4 is 0 Å². The summed E-state index contributed by atoms with van der Waals surface area (Å²) in [6.07, 6.45) is 2.90. The number of fused-ring (bicyclic) bond motifs is 3. The van der Waals surface area contributed by atoms with Crippen molar-refractivity contribution in [1.82, 2.24) is 29.4 Å². The third-order valence-electron chi connectivity index (χ3n) is 4.60. The molecule has 4 rings (SSSR count). The van der Waals surface area contributed by atoms with E-state index < -0.39 is 16.9 Å². The zero-order valence-corrected chi connectivity index (χ0v) is 16.9. The Labute approximate surface area is 168 Å². The van der Waals surface area contributed by atoms with Gasteiger partial charge < -0.3 is 4.74 Å². The van der Waals surface area contributed by atoms with Crippen molar-refractivity contribution in [2.45, 2.75) is 33.7 Å². The number of hydrogen-bond donors (Lipinski definition) is 0. The zero-order chi connectivity index (χ0) is 20.9. The molecule has 0 fully saturated rings. The molecule has 11 nitrogen and oxygen atoms in total. The van der Waals surface area contributed by atoms with E-state index in [9.17, 15) is 14.9 Å². The number of nitrogens with zero attached hydrogens (tertiary/aromatic N) is 7. The van der Waals surface area contributed by atoms with Gasteiger partial charge in [-0.1, -0.05) is 0 Å². The second-order valence-electron chi connectivity index (χ2n) is 6.45. The molecule has 0 radical (unpaired) electrons. The maximum Gasteiger partial charge on any atom is 0.348 e. The minimum atomic E-state index is -0.470. The first kappa shape index (κ1) is 18.9. The fourth-order valence-corrected chi connectivity index (χ4v) is 4.12. The molecular weight excluding hydrogens is 398 g/mol. The number of aromatic nitrogens is 6. The van der Waals surface area contributed by atoms with E-state index in [2.05, 4.69) is 20.2 Å². The summed E-state index contributed by atoms with van der Waals surface area (Å²) in [7, 11) is 0. The average Bonchev–Trinajstić information content (AvgIpc) is 3.36. The maximum atomic E-state index is 12.2. The molecule has 12 heteroatoms. The molecule has 0 N–H and O–H groups in total. The Morgan fingerprint density at radius 3 is 2.79 bits per heavy atom. The van der Waals surface area contributed by atoms with Crippen LogP contribution in [0, 0.1) is 24.0 Å². The number of carbonyl (C=O) groups is 1. The first-order valence-electron chi connectivity index (χ1n) is 8.83. The Morgan fingerprint density at radius 1 is 1.38 bits per heavy atom. The van der Waals surface area contributed by atoms with Crippen molar-refractivity contribution < 1.29 is 14.5 Å². The first-order chi connectivity index (χ1) is 13.8.